The molecule has 1 aromatic heterocycles. The van der Waals surface area contributed by atoms with Crippen molar-refractivity contribution in [2.45, 2.75) is 18.6 Å². The molecular weight excluding hydrogens is 250 g/mol. The van der Waals surface area contributed by atoms with E-state index in [4.69, 9.17) is 9.26 Å². The summed E-state index contributed by atoms with van der Waals surface area (Å²) in [6.45, 7) is 0.928. The number of rotatable bonds is 2. The molecule has 0 bridgehead atoms. The lowest BCUT2D eigenvalue weighted by Crippen LogP contribution is -2.37. The van der Waals surface area contributed by atoms with E-state index in [1.165, 1.54) is 12.3 Å². The molecule has 3 rings (SSSR count). The molecule has 102 valence electrons. The maximum atomic E-state index is 12.3. The fraction of sp³-hybridized carbons (Fsp3) is 0.583. The molecular formula is C12H15N3O4. The number of ether oxygens (including phenoxy) is 1. The van der Waals surface area contributed by atoms with E-state index in [-0.39, 0.29) is 35.6 Å². The van der Waals surface area contributed by atoms with Gasteiger partial charge in [0.1, 0.15) is 0 Å². The zero-order valence-corrected chi connectivity index (χ0v) is 10.5. The number of carbonyl (C=O) groups is 2. The number of amides is 2. The molecule has 3 heterocycles. The molecule has 0 unspecified atom stereocenters. The van der Waals surface area contributed by atoms with Crippen LogP contribution < -0.4 is 5.32 Å². The van der Waals surface area contributed by atoms with E-state index >= 15 is 0 Å². The van der Waals surface area contributed by atoms with Gasteiger partial charge in [-0.2, -0.15) is 0 Å². The lowest BCUT2D eigenvalue weighted by atomic mass is 10.0. The molecule has 2 amide bonds. The van der Waals surface area contributed by atoms with E-state index in [9.17, 15) is 9.59 Å². The SMILES string of the molecule is CNC(=O)[C@H]1CN(C(=O)c2ccno2)[C@@H]2CCO[C@H]12. The topological polar surface area (TPSA) is 84.7 Å². The van der Waals surface area contributed by atoms with Crippen molar-refractivity contribution in [3.8, 4) is 0 Å². The highest BCUT2D eigenvalue weighted by atomic mass is 16.5. The minimum atomic E-state index is -0.315. The maximum absolute atomic E-state index is 12.3. The predicted octanol–water partition coefficient (Wildman–Crippen LogP) is -0.350. The van der Waals surface area contributed by atoms with Crippen molar-refractivity contribution in [1.29, 1.82) is 0 Å². The summed E-state index contributed by atoms with van der Waals surface area (Å²) in [7, 11) is 1.59. The first kappa shape index (κ1) is 12.2. The number of hydrogen-bond donors (Lipinski definition) is 1. The number of fused-ring (bicyclic) bond motifs is 1. The molecule has 2 saturated heterocycles. The second-order valence-electron chi connectivity index (χ2n) is 4.75. The molecule has 0 saturated carbocycles. The highest BCUT2D eigenvalue weighted by Gasteiger charge is 2.50. The third-order valence-corrected chi connectivity index (χ3v) is 3.79. The molecule has 2 aliphatic rings. The second kappa shape index (κ2) is 4.65. The molecule has 2 fully saturated rings. The van der Waals surface area contributed by atoms with E-state index in [0.717, 1.165) is 6.42 Å². The molecule has 0 spiro atoms. The molecule has 7 nitrogen and oxygen atoms in total. The monoisotopic (exact) mass is 265 g/mol. The van der Waals surface area contributed by atoms with Crippen LogP contribution in [0.2, 0.25) is 0 Å². The number of nitrogens with zero attached hydrogens (tertiary/aromatic N) is 2. The van der Waals surface area contributed by atoms with Gasteiger partial charge in [-0.05, 0) is 6.42 Å². The van der Waals surface area contributed by atoms with Crippen molar-refractivity contribution in [2.75, 3.05) is 20.2 Å². The van der Waals surface area contributed by atoms with E-state index in [1.807, 2.05) is 0 Å². The Labute approximate surface area is 109 Å². The number of likely N-dealkylation sites (tertiary alicyclic amines) is 1. The van der Waals surface area contributed by atoms with Crippen molar-refractivity contribution in [3.63, 3.8) is 0 Å². The summed E-state index contributed by atoms with van der Waals surface area (Å²) in [6, 6.07) is 1.47. The van der Waals surface area contributed by atoms with Gasteiger partial charge in [0.05, 0.1) is 24.3 Å². The van der Waals surface area contributed by atoms with Crippen molar-refractivity contribution in [1.82, 2.24) is 15.4 Å². The van der Waals surface area contributed by atoms with Crippen LogP contribution in [0.15, 0.2) is 16.8 Å². The van der Waals surface area contributed by atoms with Crippen LogP contribution >= 0.6 is 0 Å². The quantitative estimate of drug-likeness (QED) is 0.790. The van der Waals surface area contributed by atoms with E-state index in [0.29, 0.717) is 13.2 Å². The van der Waals surface area contributed by atoms with Crippen LogP contribution in [0.5, 0.6) is 0 Å². The van der Waals surface area contributed by atoms with Crippen molar-refractivity contribution in [3.05, 3.63) is 18.0 Å². The minimum absolute atomic E-state index is 0.0556. The summed E-state index contributed by atoms with van der Waals surface area (Å²) in [5.41, 5.74) is 0. The smallest absolute Gasteiger partial charge is 0.292 e. The van der Waals surface area contributed by atoms with E-state index in [2.05, 4.69) is 10.5 Å². The molecule has 0 aromatic carbocycles. The van der Waals surface area contributed by atoms with Crippen molar-refractivity contribution in [2.24, 2.45) is 5.92 Å². The molecule has 3 atom stereocenters. The average Bonchev–Trinajstić information content (AvgIpc) is 3.12. The van der Waals surface area contributed by atoms with Crippen LogP contribution in [0.1, 0.15) is 17.0 Å². The van der Waals surface area contributed by atoms with Crippen LogP contribution in [-0.2, 0) is 9.53 Å². The summed E-state index contributed by atoms with van der Waals surface area (Å²) < 4.78 is 10.5. The average molecular weight is 265 g/mol. The van der Waals surface area contributed by atoms with Crippen LogP contribution in [0.25, 0.3) is 0 Å². The Bertz CT molecular complexity index is 487. The standard InChI is InChI=1S/C12H15N3O4/c1-13-11(16)7-6-15(8-3-5-18-10(7)8)12(17)9-2-4-14-19-9/h2,4,7-8,10H,3,5-6H2,1H3,(H,13,16)/t7-,8+,10+/m0/s1. The third-order valence-electron chi connectivity index (χ3n) is 3.79. The zero-order valence-electron chi connectivity index (χ0n) is 10.5. The molecule has 7 heteroatoms. The third kappa shape index (κ3) is 1.90. The predicted molar refractivity (Wildman–Crippen MR) is 63.2 cm³/mol. The summed E-state index contributed by atoms with van der Waals surface area (Å²) >= 11 is 0. The van der Waals surface area contributed by atoms with Gasteiger partial charge in [-0.25, -0.2) is 0 Å². The Balaban J connectivity index is 1.83. The molecule has 19 heavy (non-hydrogen) atoms. The lowest BCUT2D eigenvalue weighted by molar-refractivity contribution is -0.127. The largest absolute Gasteiger partial charge is 0.375 e. The van der Waals surface area contributed by atoms with Crippen LogP contribution in [0, 0.1) is 5.92 Å². The summed E-state index contributed by atoms with van der Waals surface area (Å²) in [4.78, 5) is 25.8. The van der Waals surface area contributed by atoms with Gasteiger partial charge in [-0.1, -0.05) is 5.16 Å². The van der Waals surface area contributed by atoms with Gasteiger partial charge in [0.25, 0.3) is 5.91 Å². The second-order valence-corrected chi connectivity index (χ2v) is 4.75. The van der Waals surface area contributed by atoms with E-state index < -0.39 is 0 Å². The first-order valence-corrected chi connectivity index (χ1v) is 6.27. The number of aromatic nitrogens is 1. The molecule has 2 aliphatic heterocycles. The van der Waals surface area contributed by atoms with Gasteiger partial charge in [0.15, 0.2) is 0 Å². The fourth-order valence-corrected chi connectivity index (χ4v) is 2.89. The lowest BCUT2D eigenvalue weighted by Gasteiger charge is -2.20. The highest BCUT2D eigenvalue weighted by Crippen LogP contribution is 2.34. The summed E-state index contributed by atoms with van der Waals surface area (Å²) in [5, 5.41) is 6.16. The van der Waals surface area contributed by atoms with Gasteiger partial charge >= 0.3 is 0 Å². The Morgan fingerprint density at radius 2 is 2.37 bits per heavy atom. The first-order chi connectivity index (χ1) is 9.22. The van der Waals surface area contributed by atoms with Crippen LogP contribution in [-0.4, -0.2) is 54.2 Å². The molecule has 0 aliphatic carbocycles. The number of nitrogens with one attached hydrogen (secondary N) is 1. The van der Waals surface area contributed by atoms with Gasteiger partial charge < -0.3 is 19.5 Å². The van der Waals surface area contributed by atoms with Gasteiger partial charge in [-0.3, -0.25) is 9.59 Å². The van der Waals surface area contributed by atoms with Crippen molar-refractivity contribution >= 4 is 11.8 Å². The number of carbonyl (C=O) groups excluding carboxylic acids is 2. The van der Waals surface area contributed by atoms with Crippen LogP contribution in [0.4, 0.5) is 0 Å². The number of hydrogen-bond acceptors (Lipinski definition) is 5. The van der Waals surface area contributed by atoms with Crippen molar-refractivity contribution < 1.29 is 18.8 Å². The van der Waals surface area contributed by atoms with Gasteiger partial charge in [0.2, 0.25) is 11.7 Å². The van der Waals surface area contributed by atoms with E-state index in [1.54, 1.807) is 11.9 Å². The normalized spacial score (nSPS) is 29.3. The molecule has 0 radical (unpaired) electrons. The Hall–Kier alpha value is -1.89. The van der Waals surface area contributed by atoms with Gasteiger partial charge in [-0.15, -0.1) is 0 Å². The molecule has 1 N–H and O–H groups in total. The first-order valence-electron chi connectivity index (χ1n) is 6.27. The Kier molecular flexibility index (Phi) is 2.98. The van der Waals surface area contributed by atoms with Crippen LogP contribution in [0.3, 0.4) is 0 Å². The summed E-state index contributed by atoms with van der Waals surface area (Å²) in [5.74, 6) is -0.443. The molecule has 1 aromatic rings. The Morgan fingerprint density at radius 3 is 3.05 bits per heavy atom. The zero-order chi connectivity index (χ0) is 13.4. The minimum Gasteiger partial charge on any atom is -0.375 e. The fourth-order valence-electron chi connectivity index (χ4n) is 2.89. The van der Waals surface area contributed by atoms with Gasteiger partial charge in [0, 0.05) is 26.3 Å². The summed E-state index contributed by atoms with van der Waals surface area (Å²) in [6.07, 6.45) is 1.96. The Morgan fingerprint density at radius 1 is 1.53 bits per heavy atom. The maximum Gasteiger partial charge on any atom is 0.292 e. The highest BCUT2D eigenvalue weighted by molar-refractivity contribution is 5.93.